The van der Waals surface area contributed by atoms with Gasteiger partial charge in [0.1, 0.15) is 17.1 Å². The van der Waals surface area contributed by atoms with Gasteiger partial charge in [0, 0.05) is 17.0 Å². The average molecular weight is 388 g/mol. The van der Waals surface area contributed by atoms with Crippen LogP contribution in [0.2, 0.25) is 5.02 Å². The lowest BCUT2D eigenvalue weighted by Gasteiger charge is -2.38. The van der Waals surface area contributed by atoms with Crippen molar-refractivity contribution < 1.29 is 14.3 Å². The molecule has 0 fully saturated rings. The van der Waals surface area contributed by atoms with Gasteiger partial charge in [-0.25, -0.2) is 0 Å². The van der Waals surface area contributed by atoms with E-state index in [0.29, 0.717) is 23.6 Å². The van der Waals surface area contributed by atoms with Crippen molar-refractivity contribution >= 4 is 17.5 Å². The number of amides is 1. The number of fused-ring (bicyclic) bond motifs is 1. The minimum absolute atomic E-state index is 0.112. The molecule has 3 rings (SSSR count). The van der Waals surface area contributed by atoms with Crippen LogP contribution in [0.4, 0.5) is 0 Å². The van der Waals surface area contributed by atoms with Gasteiger partial charge in [-0.3, -0.25) is 4.79 Å². The topological polar surface area (TPSA) is 47.6 Å². The quantitative estimate of drug-likeness (QED) is 0.764. The van der Waals surface area contributed by atoms with Crippen LogP contribution in [0.1, 0.15) is 50.8 Å². The summed E-state index contributed by atoms with van der Waals surface area (Å²) in [5, 5.41) is 3.81. The maximum absolute atomic E-state index is 12.9. The summed E-state index contributed by atoms with van der Waals surface area (Å²) in [6.07, 6.45) is 0.708. The molecule has 0 saturated carbocycles. The van der Waals surface area contributed by atoms with Crippen molar-refractivity contribution in [1.82, 2.24) is 5.32 Å². The van der Waals surface area contributed by atoms with Gasteiger partial charge < -0.3 is 14.8 Å². The first-order valence-electron chi connectivity index (χ1n) is 9.29. The molecule has 0 radical (unpaired) electrons. The Bertz CT molecular complexity index is 817. The summed E-state index contributed by atoms with van der Waals surface area (Å²) in [6, 6.07) is 13.0. The minimum atomic E-state index is -0.564. The molecule has 1 amide bonds. The molecule has 1 aliphatic rings. The number of benzene rings is 2. The molecule has 0 unspecified atom stereocenters. The van der Waals surface area contributed by atoms with E-state index in [4.69, 9.17) is 21.1 Å². The van der Waals surface area contributed by atoms with Crippen molar-refractivity contribution in [2.45, 2.75) is 58.3 Å². The molecular formula is C22H26ClNO3. The molecular weight excluding hydrogens is 362 g/mol. The summed E-state index contributed by atoms with van der Waals surface area (Å²) in [5.74, 6) is 1.33. The molecule has 1 heterocycles. The van der Waals surface area contributed by atoms with Gasteiger partial charge in [-0.15, -0.1) is 0 Å². The van der Waals surface area contributed by atoms with Gasteiger partial charge in [0.05, 0.1) is 6.04 Å². The van der Waals surface area contributed by atoms with Crippen molar-refractivity contribution in [2.75, 3.05) is 0 Å². The summed E-state index contributed by atoms with van der Waals surface area (Å²) in [5.41, 5.74) is 1.81. The maximum atomic E-state index is 12.9. The zero-order valence-electron chi connectivity index (χ0n) is 16.2. The third-order valence-corrected chi connectivity index (χ3v) is 4.95. The van der Waals surface area contributed by atoms with Crippen molar-refractivity contribution in [3.05, 3.63) is 58.6 Å². The second kappa shape index (κ2) is 7.81. The van der Waals surface area contributed by atoms with Gasteiger partial charge in [0.2, 0.25) is 0 Å². The molecule has 1 aliphatic heterocycles. The number of hydrogen-bond acceptors (Lipinski definition) is 3. The van der Waals surface area contributed by atoms with Crippen LogP contribution in [0.25, 0.3) is 0 Å². The van der Waals surface area contributed by atoms with Gasteiger partial charge in [-0.05, 0) is 57.5 Å². The van der Waals surface area contributed by atoms with E-state index < -0.39 is 6.10 Å². The minimum Gasteiger partial charge on any atom is -0.487 e. The number of nitrogens with one attached hydrogen (secondary N) is 1. The van der Waals surface area contributed by atoms with Crippen LogP contribution in [-0.4, -0.2) is 17.6 Å². The Balaban J connectivity index is 1.77. The first-order valence-corrected chi connectivity index (χ1v) is 9.67. The molecule has 2 aromatic carbocycles. The van der Waals surface area contributed by atoms with E-state index in [1.165, 1.54) is 0 Å². The zero-order valence-corrected chi connectivity index (χ0v) is 17.0. The van der Waals surface area contributed by atoms with E-state index in [1.807, 2.05) is 39.8 Å². The van der Waals surface area contributed by atoms with E-state index >= 15 is 0 Å². The van der Waals surface area contributed by atoms with Gasteiger partial charge >= 0.3 is 0 Å². The van der Waals surface area contributed by atoms with E-state index in [2.05, 4.69) is 11.4 Å². The first kappa shape index (κ1) is 19.6. The molecule has 0 saturated heterocycles. The lowest BCUT2D eigenvalue weighted by molar-refractivity contribution is -0.129. The maximum Gasteiger partial charge on any atom is 0.261 e. The van der Waals surface area contributed by atoms with E-state index in [-0.39, 0.29) is 17.6 Å². The number of carbonyl (C=O) groups excluding carboxylic acids is 1. The Morgan fingerprint density at radius 2 is 2.00 bits per heavy atom. The fourth-order valence-corrected chi connectivity index (χ4v) is 3.49. The highest BCUT2D eigenvalue weighted by atomic mass is 35.5. The fourth-order valence-electron chi connectivity index (χ4n) is 3.37. The van der Waals surface area contributed by atoms with Crippen LogP contribution < -0.4 is 14.8 Å². The molecule has 27 heavy (non-hydrogen) atoms. The Morgan fingerprint density at radius 3 is 2.67 bits per heavy atom. The third kappa shape index (κ3) is 4.75. The molecule has 0 aromatic heterocycles. The molecule has 4 nitrogen and oxygen atoms in total. The lowest BCUT2D eigenvalue weighted by Crippen LogP contribution is -2.45. The molecule has 0 spiro atoms. The monoisotopic (exact) mass is 387 g/mol. The normalized spacial score (nSPS) is 18.8. The van der Waals surface area contributed by atoms with Crippen LogP contribution in [0.15, 0.2) is 42.5 Å². The van der Waals surface area contributed by atoms with E-state index in [9.17, 15) is 4.79 Å². The fraction of sp³-hybridized carbons (Fsp3) is 0.409. The largest absolute Gasteiger partial charge is 0.487 e. The second-order valence-electron chi connectivity index (χ2n) is 7.64. The van der Waals surface area contributed by atoms with E-state index in [1.54, 1.807) is 24.3 Å². The zero-order chi connectivity index (χ0) is 19.6. The van der Waals surface area contributed by atoms with Crippen LogP contribution in [-0.2, 0) is 4.79 Å². The smallest absolute Gasteiger partial charge is 0.261 e. The van der Waals surface area contributed by atoms with Crippen molar-refractivity contribution in [1.29, 1.82) is 0 Å². The predicted octanol–water partition coefficient (Wildman–Crippen LogP) is 5.22. The second-order valence-corrected chi connectivity index (χ2v) is 8.07. The standard InChI is InChI=1S/C22H26ClNO3/c1-5-19(26-16-9-7-15(23)8-10-16)21(25)24-18-13-22(3,4)27-20-11-6-14(2)12-17(18)20/h6-12,18-19H,5,13H2,1-4H3,(H,24,25)/t18-,19-/m1/s1. The molecule has 144 valence electrons. The molecule has 2 aromatic rings. The Morgan fingerprint density at radius 1 is 1.30 bits per heavy atom. The number of rotatable bonds is 5. The van der Waals surface area contributed by atoms with Gasteiger partial charge in [0.25, 0.3) is 5.91 Å². The van der Waals surface area contributed by atoms with Crippen LogP contribution in [0.5, 0.6) is 11.5 Å². The molecule has 5 heteroatoms. The summed E-state index contributed by atoms with van der Waals surface area (Å²) in [4.78, 5) is 12.9. The van der Waals surface area contributed by atoms with E-state index in [0.717, 1.165) is 16.9 Å². The van der Waals surface area contributed by atoms with Crippen molar-refractivity contribution in [2.24, 2.45) is 0 Å². The predicted molar refractivity (Wildman–Crippen MR) is 108 cm³/mol. The average Bonchev–Trinajstić information content (AvgIpc) is 2.61. The molecule has 0 bridgehead atoms. The highest BCUT2D eigenvalue weighted by molar-refractivity contribution is 6.30. The number of aryl methyl sites for hydroxylation is 1. The highest BCUT2D eigenvalue weighted by Gasteiger charge is 2.35. The van der Waals surface area contributed by atoms with Gasteiger partial charge in [0.15, 0.2) is 6.10 Å². The summed E-state index contributed by atoms with van der Waals surface area (Å²) in [7, 11) is 0. The van der Waals surface area contributed by atoms with Crippen LogP contribution in [0.3, 0.4) is 0 Å². The Labute approximate surface area is 165 Å². The third-order valence-electron chi connectivity index (χ3n) is 4.69. The van der Waals surface area contributed by atoms with Crippen molar-refractivity contribution in [3.63, 3.8) is 0 Å². The summed E-state index contributed by atoms with van der Waals surface area (Å²) < 4.78 is 12.0. The SMILES string of the molecule is CC[C@@H](Oc1ccc(Cl)cc1)C(=O)N[C@@H]1CC(C)(C)Oc2ccc(C)cc21. The number of carbonyl (C=O) groups is 1. The molecule has 0 aliphatic carbocycles. The van der Waals surface area contributed by atoms with Gasteiger partial charge in [-0.2, -0.15) is 0 Å². The lowest BCUT2D eigenvalue weighted by atomic mass is 9.88. The van der Waals surface area contributed by atoms with Gasteiger partial charge in [-0.1, -0.05) is 36.2 Å². The highest BCUT2D eigenvalue weighted by Crippen LogP contribution is 2.40. The van der Waals surface area contributed by atoms with Crippen LogP contribution >= 0.6 is 11.6 Å². The van der Waals surface area contributed by atoms with Crippen LogP contribution in [0, 0.1) is 6.92 Å². The molecule has 1 N–H and O–H groups in total. The summed E-state index contributed by atoms with van der Waals surface area (Å²) >= 11 is 5.91. The number of halogens is 1. The van der Waals surface area contributed by atoms with Crippen molar-refractivity contribution in [3.8, 4) is 11.5 Å². The Hall–Kier alpha value is -2.20. The molecule has 2 atom stereocenters. The summed E-state index contributed by atoms with van der Waals surface area (Å²) in [6.45, 7) is 8.05. The first-order chi connectivity index (χ1) is 12.8. The number of hydrogen-bond donors (Lipinski definition) is 1. The number of ether oxygens (including phenoxy) is 2. The Kier molecular flexibility index (Phi) is 5.66.